The van der Waals surface area contributed by atoms with Gasteiger partial charge < -0.3 is 9.64 Å². The van der Waals surface area contributed by atoms with Crippen molar-refractivity contribution in [3.8, 4) is 5.88 Å². The van der Waals surface area contributed by atoms with Gasteiger partial charge in [-0.2, -0.15) is 4.98 Å². The minimum atomic E-state index is 0.121. The molecule has 0 bridgehead atoms. The summed E-state index contributed by atoms with van der Waals surface area (Å²) in [6, 6.07) is 2.19. The molecule has 4 nitrogen and oxygen atoms in total. The second-order valence-electron chi connectivity index (χ2n) is 4.43. The SMILES string of the molecule is Cc1cc(OC(C)C)nc(N(C)C(C)CBr)n1. The number of aromatic nitrogens is 2. The zero-order chi connectivity index (χ0) is 13.0. The van der Waals surface area contributed by atoms with E-state index < -0.39 is 0 Å². The molecular weight excluding hydrogens is 282 g/mol. The van der Waals surface area contributed by atoms with Crippen LogP contribution in [0, 0.1) is 6.92 Å². The molecule has 1 rings (SSSR count). The Morgan fingerprint density at radius 1 is 1.35 bits per heavy atom. The van der Waals surface area contributed by atoms with Gasteiger partial charge >= 0.3 is 0 Å². The molecule has 1 aromatic rings. The van der Waals surface area contributed by atoms with Gasteiger partial charge in [-0.3, -0.25) is 0 Å². The van der Waals surface area contributed by atoms with E-state index in [0.29, 0.717) is 17.9 Å². The Balaban J connectivity index is 2.96. The molecule has 1 heterocycles. The van der Waals surface area contributed by atoms with Crippen molar-refractivity contribution in [3.63, 3.8) is 0 Å². The zero-order valence-corrected chi connectivity index (χ0v) is 12.7. The monoisotopic (exact) mass is 301 g/mol. The highest BCUT2D eigenvalue weighted by molar-refractivity contribution is 9.09. The highest BCUT2D eigenvalue weighted by atomic mass is 79.9. The van der Waals surface area contributed by atoms with Gasteiger partial charge in [0.2, 0.25) is 11.8 Å². The number of hydrogen-bond donors (Lipinski definition) is 0. The van der Waals surface area contributed by atoms with Crippen LogP contribution in [-0.2, 0) is 0 Å². The highest BCUT2D eigenvalue weighted by Crippen LogP contribution is 2.17. The number of hydrogen-bond acceptors (Lipinski definition) is 4. The Morgan fingerprint density at radius 2 is 2.00 bits per heavy atom. The van der Waals surface area contributed by atoms with Gasteiger partial charge in [0.05, 0.1) is 6.10 Å². The lowest BCUT2D eigenvalue weighted by atomic mass is 10.3. The van der Waals surface area contributed by atoms with E-state index in [9.17, 15) is 0 Å². The quantitative estimate of drug-likeness (QED) is 0.784. The third-order valence-electron chi connectivity index (χ3n) is 2.38. The van der Waals surface area contributed by atoms with Crippen LogP contribution in [0.4, 0.5) is 5.95 Å². The molecule has 0 N–H and O–H groups in total. The molecule has 0 fully saturated rings. The number of anilines is 1. The van der Waals surface area contributed by atoms with Crippen LogP contribution in [0.5, 0.6) is 5.88 Å². The van der Waals surface area contributed by atoms with Crippen molar-refractivity contribution in [2.24, 2.45) is 0 Å². The molecule has 1 unspecified atom stereocenters. The van der Waals surface area contributed by atoms with Crippen LogP contribution in [0.15, 0.2) is 6.07 Å². The lowest BCUT2D eigenvalue weighted by Gasteiger charge is -2.23. The molecule has 0 aliphatic heterocycles. The predicted molar refractivity (Wildman–Crippen MR) is 74.2 cm³/mol. The number of halogens is 1. The molecule has 0 radical (unpaired) electrons. The summed E-state index contributed by atoms with van der Waals surface area (Å²) in [4.78, 5) is 10.9. The zero-order valence-electron chi connectivity index (χ0n) is 11.1. The molecule has 5 heteroatoms. The van der Waals surface area contributed by atoms with Gasteiger partial charge in [-0.15, -0.1) is 0 Å². The van der Waals surface area contributed by atoms with Gasteiger partial charge in [0, 0.05) is 30.2 Å². The minimum absolute atomic E-state index is 0.121. The van der Waals surface area contributed by atoms with Crippen molar-refractivity contribution < 1.29 is 4.74 Å². The van der Waals surface area contributed by atoms with Crippen molar-refractivity contribution in [2.45, 2.75) is 39.8 Å². The van der Waals surface area contributed by atoms with Crippen LogP contribution in [0.3, 0.4) is 0 Å². The molecule has 17 heavy (non-hydrogen) atoms. The second kappa shape index (κ2) is 6.19. The first-order chi connectivity index (χ1) is 7.93. The molecule has 96 valence electrons. The Labute approximate surface area is 112 Å². The first kappa shape index (κ1) is 14.2. The van der Waals surface area contributed by atoms with E-state index in [1.165, 1.54) is 0 Å². The molecule has 0 aliphatic carbocycles. The van der Waals surface area contributed by atoms with Gasteiger partial charge in [0.15, 0.2) is 0 Å². The summed E-state index contributed by atoms with van der Waals surface area (Å²) in [6.45, 7) is 8.04. The normalized spacial score (nSPS) is 12.6. The third-order valence-corrected chi connectivity index (χ3v) is 3.31. The van der Waals surface area contributed by atoms with Crippen LogP contribution >= 0.6 is 15.9 Å². The molecule has 0 spiro atoms. The summed E-state index contributed by atoms with van der Waals surface area (Å²) in [5, 5.41) is 0.876. The smallest absolute Gasteiger partial charge is 0.228 e. The fourth-order valence-electron chi connectivity index (χ4n) is 1.28. The summed E-state index contributed by atoms with van der Waals surface area (Å²) < 4.78 is 5.61. The van der Waals surface area contributed by atoms with Crippen molar-refractivity contribution in [3.05, 3.63) is 11.8 Å². The predicted octanol–water partition coefficient (Wildman–Crippen LogP) is 2.79. The second-order valence-corrected chi connectivity index (χ2v) is 5.08. The highest BCUT2D eigenvalue weighted by Gasteiger charge is 2.13. The molecule has 0 aromatic carbocycles. The molecule has 0 aliphatic rings. The van der Waals surface area contributed by atoms with Crippen LogP contribution in [0.2, 0.25) is 0 Å². The van der Waals surface area contributed by atoms with Crippen LogP contribution in [0.1, 0.15) is 26.5 Å². The van der Waals surface area contributed by atoms with E-state index in [1.807, 2.05) is 38.8 Å². The average Bonchev–Trinajstić information content (AvgIpc) is 2.25. The van der Waals surface area contributed by atoms with Crippen LogP contribution in [0.25, 0.3) is 0 Å². The van der Waals surface area contributed by atoms with Crippen molar-refractivity contribution >= 4 is 21.9 Å². The molecule has 0 saturated heterocycles. The molecule has 0 amide bonds. The first-order valence-corrected chi connectivity index (χ1v) is 6.87. The van der Waals surface area contributed by atoms with E-state index in [1.54, 1.807) is 0 Å². The summed E-state index contributed by atoms with van der Waals surface area (Å²) in [6.07, 6.45) is 0.121. The van der Waals surface area contributed by atoms with Gasteiger partial charge in [0.25, 0.3) is 0 Å². The molecule has 0 saturated carbocycles. The summed E-state index contributed by atoms with van der Waals surface area (Å²) in [7, 11) is 1.99. The summed E-state index contributed by atoms with van der Waals surface area (Å²) in [5.74, 6) is 1.34. The number of alkyl halides is 1. The van der Waals surface area contributed by atoms with E-state index in [2.05, 4.69) is 32.8 Å². The summed E-state index contributed by atoms with van der Waals surface area (Å²) >= 11 is 3.46. The Kier molecular flexibility index (Phi) is 5.18. The number of nitrogens with zero attached hydrogens (tertiary/aromatic N) is 3. The Bertz CT molecular complexity index is 371. The largest absolute Gasteiger partial charge is 0.475 e. The first-order valence-electron chi connectivity index (χ1n) is 5.75. The molecule has 1 aromatic heterocycles. The number of aryl methyl sites for hydroxylation is 1. The fourth-order valence-corrected chi connectivity index (χ4v) is 1.72. The fraction of sp³-hybridized carbons (Fsp3) is 0.667. The molecule has 1 atom stereocenters. The van der Waals surface area contributed by atoms with E-state index in [0.717, 1.165) is 11.0 Å². The van der Waals surface area contributed by atoms with E-state index in [-0.39, 0.29) is 6.10 Å². The number of rotatable bonds is 5. The van der Waals surface area contributed by atoms with E-state index in [4.69, 9.17) is 4.74 Å². The standard InChI is InChI=1S/C12H20BrN3O/c1-8(2)17-11-6-9(3)14-12(15-11)16(5)10(4)7-13/h6,8,10H,7H2,1-5H3. The molecular formula is C12H20BrN3O. The van der Waals surface area contributed by atoms with Crippen molar-refractivity contribution in [1.82, 2.24) is 9.97 Å². The van der Waals surface area contributed by atoms with Crippen molar-refractivity contribution in [1.29, 1.82) is 0 Å². The Morgan fingerprint density at radius 3 is 2.53 bits per heavy atom. The lowest BCUT2D eigenvalue weighted by Crippen LogP contribution is -2.31. The van der Waals surface area contributed by atoms with Gasteiger partial charge in [-0.05, 0) is 27.7 Å². The van der Waals surface area contributed by atoms with Crippen LogP contribution in [-0.4, -0.2) is 34.5 Å². The lowest BCUT2D eigenvalue weighted by molar-refractivity contribution is 0.232. The minimum Gasteiger partial charge on any atom is -0.475 e. The maximum Gasteiger partial charge on any atom is 0.228 e. The maximum absolute atomic E-state index is 5.61. The Hall–Kier alpha value is -0.840. The topological polar surface area (TPSA) is 38.2 Å². The summed E-state index contributed by atoms with van der Waals surface area (Å²) in [5.41, 5.74) is 0.916. The van der Waals surface area contributed by atoms with Crippen LogP contribution < -0.4 is 9.64 Å². The van der Waals surface area contributed by atoms with Gasteiger partial charge in [-0.25, -0.2) is 4.98 Å². The van der Waals surface area contributed by atoms with E-state index >= 15 is 0 Å². The van der Waals surface area contributed by atoms with Gasteiger partial charge in [0.1, 0.15) is 0 Å². The maximum atomic E-state index is 5.61. The van der Waals surface area contributed by atoms with Crippen molar-refractivity contribution in [2.75, 3.05) is 17.3 Å². The van der Waals surface area contributed by atoms with Gasteiger partial charge in [-0.1, -0.05) is 15.9 Å². The third kappa shape index (κ3) is 4.15. The average molecular weight is 302 g/mol. The number of ether oxygens (including phenoxy) is 1.